The fourth-order valence-corrected chi connectivity index (χ4v) is 5.81. The summed E-state index contributed by atoms with van der Waals surface area (Å²) in [4.78, 5) is 76.1. The molecule has 0 saturated heterocycles. The molecular formula is C40H55N9O9. The minimum absolute atomic E-state index is 0.0688. The first-order valence-corrected chi connectivity index (χ1v) is 19.2. The molecule has 5 amide bonds. The van der Waals surface area contributed by atoms with E-state index in [1.54, 1.807) is 58.9 Å². The lowest BCUT2D eigenvalue weighted by molar-refractivity contribution is -0.133. The van der Waals surface area contributed by atoms with Crippen LogP contribution < -0.4 is 32.5 Å². The van der Waals surface area contributed by atoms with Gasteiger partial charge in [0, 0.05) is 30.6 Å². The Morgan fingerprint density at radius 1 is 0.897 bits per heavy atom. The van der Waals surface area contributed by atoms with E-state index in [4.69, 9.17) is 30.1 Å². The molecule has 2 aromatic carbocycles. The van der Waals surface area contributed by atoms with Gasteiger partial charge in [-0.1, -0.05) is 57.5 Å². The number of carbonyl (C=O) groups is 5. The molecule has 18 heteroatoms. The van der Waals surface area contributed by atoms with E-state index in [0.717, 1.165) is 29.6 Å². The highest BCUT2D eigenvalue weighted by Crippen LogP contribution is 2.31. The fraction of sp³-hybridized carbons (Fsp3) is 0.475. The van der Waals surface area contributed by atoms with Gasteiger partial charge >= 0.3 is 12.2 Å². The number of anilines is 2. The Bertz CT molecular complexity index is 2030. The van der Waals surface area contributed by atoms with Gasteiger partial charge in [-0.2, -0.15) is 0 Å². The third-order valence-corrected chi connectivity index (χ3v) is 8.52. The molecule has 4 aromatic rings. The van der Waals surface area contributed by atoms with Crippen molar-refractivity contribution in [2.45, 2.75) is 85.6 Å². The average Bonchev–Trinajstić information content (AvgIpc) is 3.54. The van der Waals surface area contributed by atoms with Crippen LogP contribution in [0.25, 0.3) is 21.9 Å². The van der Waals surface area contributed by atoms with Crippen molar-refractivity contribution in [1.82, 2.24) is 30.5 Å². The lowest BCUT2D eigenvalue weighted by atomic mass is 10.0. The highest BCUT2D eigenvalue weighted by Gasteiger charge is 2.25. The van der Waals surface area contributed by atoms with Crippen LogP contribution in [-0.4, -0.2) is 89.0 Å². The van der Waals surface area contributed by atoms with Crippen molar-refractivity contribution in [3.05, 3.63) is 59.9 Å². The van der Waals surface area contributed by atoms with Crippen LogP contribution in [0.1, 0.15) is 65.8 Å². The number of carbonyl (C=O) groups excluding carboxylic acids is 5. The van der Waals surface area contributed by atoms with Crippen LogP contribution >= 0.6 is 0 Å². The highest BCUT2D eigenvalue weighted by molar-refractivity contribution is 6.09. The van der Waals surface area contributed by atoms with Crippen molar-refractivity contribution in [2.75, 3.05) is 43.5 Å². The lowest BCUT2D eigenvalue weighted by Crippen LogP contribution is -2.51. The zero-order valence-electron chi connectivity index (χ0n) is 33.9. The maximum atomic E-state index is 13.2. The van der Waals surface area contributed by atoms with Crippen molar-refractivity contribution in [2.24, 2.45) is 11.8 Å². The molecule has 0 spiro atoms. The fourth-order valence-electron chi connectivity index (χ4n) is 5.81. The van der Waals surface area contributed by atoms with E-state index in [1.807, 2.05) is 24.3 Å². The van der Waals surface area contributed by atoms with Crippen LogP contribution in [0.15, 0.2) is 48.5 Å². The second-order valence-electron chi connectivity index (χ2n) is 14.8. The van der Waals surface area contributed by atoms with Crippen LogP contribution in [0, 0.1) is 5.92 Å². The molecule has 0 aliphatic heterocycles. The van der Waals surface area contributed by atoms with Crippen molar-refractivity contribution in [3.63, 3.8) is 0 Å². The number of rotatable bonds is 20. The molecule has 0 aliphatic rings. The van der Waals surface area contributed by atoms with E-state index >= 15 is 0 Å². The zero-order chi connectivity index (χ0) is 42.2. The van der Waals surface area contributed by atoms with Crippen LogP contribution in [0.3, 0.4) is 0 Å². The van der Waals surface area contributed by atoms with E-state index in [2.05, 4.69) is 42.9 Å². The third kappa shape index (κ3) is 13.7. The van der Waals surface area contributed by atoms with Crippen molar-refractivity contribution in [1.29, 1.82) is 0 Å². The molecule has 314 valence electrons. The maximum Gasteiger partial charge on any atom is 0.413 e. The summed E-state index contributed by atoms with van der Waals surface area (Å²) in [6.07, 6.45) is 1.35. The normalized spacial score (nSPS) is 11.9. The summed E-state index contributed by atoms with van der Waals surface area (Å²) < 4.78 is 18.8. The standard InChI is InChI=1S/C40H55N9O9/c1-7-8-13-30-46-34-35(49(30)19-21-55-20-18-42-38(53)58-40(4,5)6)28-11-9-10-12-29(28)45-36(34)48-39(54)56-23-26-14-16-27(17-15-26)44-31(50)22-43-37(52)33(25(2)3)47-32(51)24-57-41/h9-12,14-17,25,33H,7-8,13,18-24,41H2,1-6H3,(H,42,53)(H,43,52)(H,44,50)(H,47,51)(H,45,48,54). The molecule has 0 fully saturated rings. The number of hydrogen-bond acceptors (Lipinski definition) is 12. The van der Waals surface area contributed by atoms with E-state index in [9.17, 15) is 24.0 Å². The molecule has 0 radical (unpaired) electrons. The number of nitrogens with zero attached hydrogens (tertiary/aromatic N) is 3. The number of imidazole rings is 1. The number of aromatic nitrogens is 3. The Kier molecular flexibility index (Phi) is 16.7. The molecule has 18 nitrogen and oxygen atoms in total. The zero-order valence-corrected chi connectivity index (χ0v) is 33.9. The Labute approximate surface area is 337 Å². The Balaban J connectivity index is 1.36. The molecule has 1 unspecified atom stereocenters. The second kappa shape index (κ2) is 21.6. The Hall–Kier alpha value is -5.85. The van der Waals surface area contributed by atoms with Crippen LogP contribution in [0.5, 0.6) is 0 Å². The number of alkyl carbamates (subject to hydrolysis) is 1. The number of unbranched alkanes of at least 4 members (excludes halogenated alkanes) is 1. The highest BCUT2D eigenvalue weighted by atomic mass is 16.6. The Morgan fingerprint density at radius 2 is 1.64 bits per heavy atom. The van der Waals surface area contributed by atoms with Gasteiger partial charge in [-0.15, -0.1) is 0 Å². The molecule has 0 saturated carbocycles. The third-order valence-electron chi connectivity index (χ3n) is 8.52. The first kappa shape index (κ1) is 44.9. The van der Waals surface area contributed by atoms with Gasteiger partial charge in [0.2, 0.25) is 17.7 Å². The summed E-state index contributed by atoms with van der Waals surface area (Å²) >= 11 is 0. The molecule has 0 bridgehead atoms. The van der Waals surface area contributed by atoms with Gasteiger partial charge in [0.15, 0.2) is 5.82 Å². The van der Waals surface area contributed by atoms with E-state index in [0.29, 0.717) is 55.0 Å². The van der Waals surface area contributed by atoms with E-state index in [1.165, 1.54) is 0 Å². The van der Waals surface area contributed by atoms with Gasteiger partial charge in [0.25, 0.3) is 0 Å². The SMILES string of the molecule is CCCCc1nc2c(NC(=O)OCc3ccc(NC(=O)CNC(=O)C(NC(=O)CON)C(C)C)cc3)nc3ccccc3c2n1CCOCCNC(=O)OC(C)(C)C. The summed E-state index contributed by atoms with van der Waals surface area (Å²) in [7, 11) is 0. The number of hydrogen-bond donors (Lipinski definition) is 6. The quantitative estimate of drug-likeness (QED) is 0.0542. The van der Waals surface area contributed by atoms with Gasteiger partial charge in [-0.05, 0) is 56.9 Å². The number of fused-ring (bicyclic) bond motifs is 3. The number of benzene rings is 2. The van der Waals surface area contributed by atoms with Gasteiger partial charge < -0.3 is 40.0 Å². The molecular weight excluding hydrogens is 750 g/mol. The van der Waals surface area contributed by atoms with Crippen molar-refractivity contribution in [3.8, 4) is 0 Å². The summed E-state index contributed by atoms with van der Waals surface area (Å²) in [5.74, 6) is 4.19. The molecule has 1 atom stereocenters. The largest absolute Gasteiger partial charge is 0.444 e. The number of para-hydroxylation sites is 1. The topological polar surface area (TPSA) is 239 Å². The minimum Gasteiger partial charge on any atom is -0.444 e. The summed E-state index contributed by atoms with van der Waals surface area (Å²) in [5.41, 5.74) is 2.52. The first-order chi connectivity index (χ1) is 27.7. The van der Waals surface area contributed by atoms with E-state index < -0.39 is 48.2 Å². The number of amides is 5. The van der Waals surface area contributed by atoms with Crippen LogP contribution in [-0.2, 0) is 53.0 Å². The monoisotopic (exact) mass is 805 g/mol. The number of nitrogens with two attached hydrogens (primary N) is 1. The Morgan fingerprint density at radius 3 is 2.33 bits per heavy atom. The summed E-state index contributed by atoms with van der Waals surface area (Å²) in [5, 5.41) is 14.1. The molecule has 2 aromatic heterocycles. The molecule has 0 aliphatic carbocycles. The smallest absolute Gasteiger partial charge is 0.413 e. The predicted molar refractivity (Wildman–Crippen MR) is 217 cm³/mol. The minimum atomic E-state index is -0.880. The number of pyridine rings is 1. The van der Waals surface area contributed by atoms with Gasteiger partial charge in [0.05, 0.1) is 30.8 Å². The number of aryl methyl sites for hydroxylation is 1. The lowest BCUT2D eigenvalue weighted by Gasteiger charge is -2.21. The van der Waals surface area contributed by atoms with Gasteiger partial charge in [0.1, 0.15) is 36.2 Å². The summed E-state index contributed by atoms with van der Waals surface area (Å²) in [6, 6.07) is 13.4. The maximum absolute atomic E-state index is 13.2. The number of nitrogens with one attached hydrogen (secondary N) is 5. The molecule has 7 N–H and O–H groups in total. The second-order valence-corrected chi connectivity index (χ2v) is 14.8. The van der Waals surface area contributed by atoms with Crippen molar-refractivity contribution < 1.29 is 43.0 Å². The van der Waals surface area contributed by atoms with Crippen LogP contribution in [0.4, 0.5) is 21.1 Å². The van der Waals surface area contributed by atoms with Crippen LogP contribution in [0.2, 0.25) is 0 Å². The summed E-state index contributed by atoms with van der Waals surface area (Å²) in [6.45, 7) is 11.6. The van der Waals surface area contributed by atoms with Gasteiger partial charge in [-0.3, -0.25) is 24.5 Å². The molecule has 58 heavy (non-hydrogen) atoms. The molecule has 4 rings (SSSR count). The molecule has 2 heterocycles. The van der Waals surface area contributed by atoms with E-state index in [-0.39, 0.29) is 24.9 Å². The average molecular weight is 806 g/mol. The first-order valence-electron chi connectivity index (χ1n) is 19.2. The number of ether oxygens (including phenoxy) is 3. The van der Waals surface area contributed by atoms with Gasteiger partial charge in [-0.25, -0.2) is 25.5 Å². The van der Waals surface area contributed by atoms with Crippen molar-refractivity contribution >= 4 is 63.3 Å². The predicted octanol–water partition coefficient (Wildman–Crippen LogP) is 4.30.